The summed E-state index contributed by atoms with van der Waals surface area (Å²) in [4.78, 5) is 49.1. The third-order valence-corrected chi connectivity index (χ3v) is 9.95. The molecule has 8 amide bonds. The van der Waals surface area contributed by atoms with Crippen LogP contribution in [-0.2, 0) is 20.0 Å². The lowest BCUT2D eigenvalue weighted by Gasteiger charge is -2.12. The maximum absolute atomic E-state index is 12.8. The van der Waals surface area contributed by atoms with Crippen molar-refractivity contribution < 1.29 is 36.0 Å². The van der Waals surface area contributed by atoms with Crippen molar-refractivity contribution in [1.82, 2.24) is 9.44 Å². The van der Waals surface area contributed by atoms with Crippen molar-refractivity contribution in [2.75, 3.05) is 31.9 Å². The van der Waals surface area contributed by atoms with Crippen molar-refractivity contribution in [1.29, 1.82) is 0 Å². The molecule has 0 atom stereocenters. The van der Waals surface area contributed by atoms with Gasteiger partial charge in [0.25, 0.3) is 20.0 Å². The van der Waals surface area contributed by atoms with Gasteiger partial charge in [0, 0.05) is 34.1 Å². The number of sulfonamides is 2. The average Bonchev–Trinajstić information content (AvgIpc) is 3.09. The number of amides is 8. The molecule has 5 rings (SSSR count). The Morgan fingerprint density at radius 2 is 0.648 bits per heavy atom. The zero-order valence-electron chi connectivity index (χ0n) is 28.6. The fourth-order valence-electron chi connectivity index (χ4n) is 4.78. The number of benzene rings is 5. The molecule has 54 heavy (non-hydrogen) atoms. The largest absolute Gasteiger partial charge is 0.333 e. The van der Waals surface area contributed by atoms with E-state index >= 15 is 0 Å². The Kier molecular flexibility index (Phi) is 11.8. The molecule has 0 bridgehead atoms. The maximum atomic E-state index is 12.8. The molecule has 278 valence electrons. The van der Waals surface area contributed by atoms with Crippen molar-refractivity contribution in [2.24, 2.45) is 0 Å². The Labute approximate surface area is 310 Å². The fraction of sp³-hybridized carbons (Fsp3) is 0.0556. The Morgan fingerprint density at radius 3 is 0.963 bits per heavy atom. The van der Waals surface area contributed by atoms with Crippen molar-refractivity contribution in [3.8, 4) is 0 Å². The van der Waals surface area contributed by atoms with Crippen molar-refractivity contribution in [3.05, 3.63) is 132 Å². The molecule has 0 unspecified atom stereocenters. The highest BCUT2D eigenvalue weighted by molar-refractivity contribution is 7.90. The molecule has 0 saturated carbocycles. The summed E-state index contributed by atoms with van der Waals surface area (Å²) < 4.78 is 54.8. The third-order valence-electron chi connectivity index (χ3n) is 7.25. The average molecular weight is 771 g/mol. The summed E-state index contributed by atoms with van der Waals surface area (Å²) in [5, 5.41) is 15.2. The first-order valence-corrected chi connectivity index (χ1v) is 18.9. The number of carbonyl (C=O) groups excluding carboxylic acids is 4. The summed E-state index contributed by atoms with van der Waals surface area (Å²) in [5.41, 5.74) is 4.02. The minimum atomic E-state index is -4.30. The monoisotopic (exact) mass is 770 g/mol. The lowest BCUT2D eigenvalue weighted by molar-refractivity contribution is 0.255. The third kappa shape index (κ3) is 11.0. The number of carbonyl (C=O) groups is 4. The van der Waals surface area contributed by atoms with Gasteiger partial charge in [0.15, 0.2) is 0 Å². The van der Waals surface area contributed by atoms with E-state index in [-0.39, 0.29) is 21.2 Å². The number of aryl methyl sites for hydroxylation is 2. The molecule has 16 nitrogen and oxygen atoms in total. The van der Waals surface area contributed by atoms with E-state index in [4.69, 9.17) is 0 Å². The van der Waals surface area contributed by atoms with Crippen LogP contribution in [0.3, 0.4) is 0 Å². The molecule has 5 aromatic carbocycles. The summed E-state index contributed by atoms with van der Waals surface area (Å²) in [6.07, 6.45) is 0. The van der Waals surface area contributed by atoms with Crippen LogP contribution in [0.1, 0.15) is 11.1 Å². The van der Waals surface area contributed by atoms with Crippen molar-refractivity contribution in [2.45, 2.75) is 23.6 Å². The van der Waals surface area contributed by atoms with Crippen LogP contribution in [0.15, 0.2) is 131 Å². The van der Waals surface area contributed by atoms with Crippen LogP contribution in [0.2, 0.25) is 0 Å². The molecule has 0 spiro atoms. The van der Waals surface area contributed by atoms with E-state index in [1.54, 1.807) is 36.4 Å². The van der Waals surface area contributed by atoms with E-state index in [1.807, 2.05) is 35.4 Å². The van der Waals surface area contributed by atoms with Crippen molar-refractivity contribution >= 4 is 78.3 Å². The number of anilines is 6. The molecule has 8 N–H and O–H groups in total. The quantitative estimate of drug-likeness (QED) is 0.0768. The number of urea groups is 4. The smallest absolute Gasteiger partial charge is 0.308 e. The number of rotatable bonds is 10. The molecule has 0 aliphatic carbocycles. The van der Waals surface area contributed by atoms with Crippen LogP contribution >= 0.6 is 0 Å². The minimum absolute atomic E-state index is 0.154. The molecule has 0 aliphatic heterocycles. The molecule has 18 heteroatoms. The normalized spacial score (nSPS) is 11.0. The molecule has 0 saturated heterocycles. The van der Waals surface area contributed by atoms with Gasteiger partial charge in [-0.15, -0.1) is 0 Å². The molecule has 0 aliphatic rings. The molecule has 5 aromatic rings. The van der Waals surface area contributed by atoms with Gasteiger partial charge in [0.05, 0.1) is 9.79 Å². The first-order chi connectivity index (χ1) is 25.6. The van der Waals surface area contributed by atoms with Gasteiger partial charge in [-0.1, -0.05) is 24.3 Å². The first-order valence-electron chi connectivity index (χ1n) is 15.9. The standard InChI is InChI=1S/C36H34N8O8S2/c1-23-5-3-7-29(21-23)41-33(45)37-27-13-17-31(18-14-27)53(49,50)43-35(47)39-25-9-11-26(12-10-25)40-36(48)44-54(51,52)32-19-15-28(16-20-32)38-34(46)42-30-8-4-6-24(2)22-30/h3-22H,1-2H3,(H2,37,41,45)(H2,38,42,46)(H2,39,43,47)(H2,40,44,48). The molecule has 0 fully saturated rings. The maximum Gasteiger partial charge on any atom is 0.333 e. The van der Waals surface area contributed by atoms with Gasteiger partial charge >= 0.3 is 24.1 Å². The summed E-state index contributed by atoms with van der Waals surface area (Å²) in [5.74, 6) is 0. The predicted octanol–water partition coefficient (Wildman–Crippen LogP) is 6.61. The molecule has 0 heterocycles. The number of hydrogen-bond donors (Lipinski definition) is 8. The summed E-state index contributed by atoms with van der Waals surface area (Å²) in [7, 11) is -8.59. The lowest BCUT2D eigenvalue weighted by Crippen LogP contribution is -2.34. The Balaban J connectivity index is 1.07. The van der Waals surface area contributed by atoms with E-state index in [0.29, 0.717) is 22.7 Å². The van der Waals surface area contributed by atoms with Gasteiger partial charge in [0.2, 0.25) is 0 Å². The molecule has 0 aromatic heterocycles. The highest BCUT2D eigenvalue weighted by atomic mass is 32.2. The first kappa shape index (κ1) is 38.3. The highest BCUT2D eigenvalue weighted by Crippen LogP contribution is 2.19. The molecular weight excluding hydrogens is 737 g/mol. The van der Waals surface area contributed by atoms with Gasteiger partial charge in [-0.25, -0.2) is 45.5 Å². The highest BCUT2D eigenvalue weighted by Gasteiger charge is 2.20. The lowest BCUT2D eigenvalue weighted by atomic mass is 10.2. The van der Waals surface area contributed by atoms with Crippen LogP contribution in [0.4, 0.5) is 53.3 Å². The van der Waals surface area contributed by atoms with Crippen LogP contribution in [0, 0.1) is 13.8 Å². The Hall–Kier alpha value is -6.92. The van der Waals surface area contributed by atoms with Gasteiger partial charge in [0.1, 0.15) is 0 Å². The van der Waals surface area contributed by atoms with E-state index in [2.05, 4.69) is 31.9 Å². The van der Waals surface area contributed by atoms with Gasteiger partial charge in [-0.2, -0.15) is 0 Å². The second-order valence-electron chi connectivity index (χ2n) is 11.6. The van der Waals surface area contributed by atoms with Gasteiger partial charge in [-0.3, -0.25) is 0 Å². The van der Waals surface area contributed by atoms with Crippen LogP contribution < -0.4 is 41.3 Å². The van der Waals surface area contributed by atoms with Crippen LogP contribution in [-0.4, -0.2) is 41.0 Å². The van der Waals surface area contributed by atoms with Crippen LogP contribution in [0.5, 0.6) is 0 Å². The molecular formula is C36H34N8O8S2. The Morgan fingerprint density at radius 1 is 0.370 bits per heavy atom. The zero-order valence-corrected chi connectivity index (χ0v) is 30.3. The summed E-state index contributed by atoms with van der Waals surface area (Å²) in [6.45, 7) is 3.76. The van der Waals surface area contributed by atoms with E-state index in [0.717, 1.165) is 11.1 Å². The van der Waals surface area contributed by atoms with E-state index in [1.165, 1.54) is 72.8 Å². The molecule has 0 radical (unpaired) electrons. The van der Waals surface area contributed by atoms with E-state index in [9.17, 15) is 36.0 Å². The SMILES string of the molecule is Cc1cccc(NC(=O)Nc2ccc(S(=O)(=O)NC(=O)Nc3ccc(NC(=O)NS(=O)(=O)c4ccc(NC(=O)Nc5cccc(C)c5)cc4)cc3)cc2)c1. The summed E-state index contributed by atoms with van der Waals surface area (Å²) >= 11 is 0. The zero-order chi connectivity index (χ0) is 38.9. The second-order valence-corrected chi connectivity index (χ2v) is 15.0. The fourth-order valence-corrected chi connectivity index (χ4v) is 6.59. The Bertz CT molecular complexity index is 2240. The van der Waals surface area contributed by atoms with Crippen molar-refractivity contribution in [3.63, 3.8) is 0 Å². The number of nitrogens with one attached hydrogen (secondary N) is 8. The summed E-state index contributed by atoms with van der Waals surface area (Å²) in [6, 6.07) is 26.8. The minimum Gasteiger partial charge on any atom is -0.308 e. The topological polar surface area (TPSA) is 233 Å². The second kappa shape index (κ2) is 16.6. The van der Waals surface area contributed by atoms with Gasteiger partial charge in [-0.05, 0) is 122 Å². The predicted molar refractivity (Wildman–Crippen MR) is 206 cm³/mol. The van der Waals surface area contributed by atoms with Crippen LogP contribution in [0.25, 0.3) is 0 Å². The van der Waals surface area contributed by atoms with Gasteiger partial charge < -0.3 is 31.9 Å². The number of hydrogen-bond acceptors (Lipinski definition) is 8. The van der Waals surface area contributed by atoms with E-state index < -0.39 is 44.2 Å².